The molecule has 1 aromatic carbocycles. The lowest BCUT2D eigenvalue weighted by molar-refractivity contribution is -0.121. The van der Waals surface area contributed by atoms with Crippen molar-refractivity contribution < 1.29 is 9.53 Å². The fraction of sp³-hybridized carbons (Fsp3) is 0.412. The molecule has 6 heteroatoms. The molecule has 124 valence electrons. The van der Waals surface area contributed by atoms with Crippen LogP contribution >= 0.6 is 23.2 Å². The van der Waals surface area contributed by atoms with Gasteiger partial charge in [0.25, 0.3) is 0 Å². The van der Waals surface area contributed by atoms with E-state index in [1.807, 2.05) is 6.21 Å². The first-order valence-electron chi connectivity index (χ1n) is 7.70. The quantitative estimate of drug-likeness (QED) is 0.336. The smallest absolute Gasteiger partial charge is 0.240 e. The van der Waals surface area contributed by atoms with Gasteiger partial charge in [-0.25, -0.2) is 5.43 Å². The van der Waals surface area contributed by atoms with E-state index < -0.39 is 0 Å². The molecule has 23 heavy (non-hydrogen) atoms. The van der Waals surface area contributed by atoms with E-state index in [-0.39, 0.29) is 5.91 Å². The first kappa shape index (κ1) is 17.8. The van der Waals surface area contributed by atoms with Crippen molar-refractivity contribution in [3.05, 3.63) is 40.4 Å². The van der Waals surface area contributed by atoms with Gasteiger partial charge in [0.1, 0.15) is 5.75 Å². The van der Waals surface area contributed by atoms with E-state index in [1.165, 1.54) is 0 Å². The number of nitrogens with zero attached hydrogens (tertiary/aromatic N) is 1. The molecular formula is C17H20Cl2N2O2. The van der Waals surface area contributed by atoms with Crippen molar-refractivity contribution in [2.24, 2.45) is 11.0 Å². The third kappa shape index (κ3) is 6.63. The van der Waals surface area contributed by atoms with Gasteiger partial charge in [-0.1, -0.05) is 35.4 Å². The predicted octanol–water partition coefficient (Wildman–Crippen LogP) is 4.61. The van der Waals surface area contributed by atoms with Crippen LogP contribution in [0.25, 0.3) is 0 Å². The van der Waals surface area contributed by atoms with Crippen molar-refractivity contribution >= 4 is 35.3 Å². The molecular weight excluding hydrogens is 335 g/mol. The fourth-order valence-corrected chi connectivity index (χ4v) is 2.69. The summed E-state index contributed by atoms with van der Waals surface area (Å²) in [6, 6.07) is 5.05. The second-order valence-corrected chi connectivity index (χ2v) is 6.23. The van der Waals surface area contributed by atoms with Gasteiger partial charge in [0.05, 0.1) is 11.6 Å². The average molecular weight is 355 g/mol. The van der Waals surface area contributed by atoms with Gasteiger partial charge in [0.2, 0.25) is 5.91 Å². The maximum atomic E-state index is 11.7. The molecule has 1 atom stereocenters. The van der Waals surface area contributed by atoms with Crippen LogP contribution in [0.5, 0.6) is 5.75 Å². The Labute approximate surface area is 146 Å². The summed E-state index contributed by atoms with van der Waals surface area (Å²) in [6.07, 6.45) is 10.3. The van der Waals surface area contributed by atoms with E-state index in [4.69, 9.17) is 27.9 Å². The summed E-state index contributed by atoms with van der Waals surface area (Å²) in [4.78, 5) is 11.7. The van der Waals surface area contributed by atoms with Crippen molar-refractivity contribution in [3.8, 4) is 5.75 Å². The second-order valence-electron chi connectivity index (χ2n) is 5.38. The van der Waals surface area contributed by atoms with Crippen LogP contribution in [-0.4, -0.2) is 18.7 Å². The second kappa shape index (κ2) is 9.58. The highest BCUT2D eigenvalue weighted by Gasteiger charge is 2.07. The number of amides is 1. The molecule has 0 aliphatic heterocycles. The standard InChI is InChI=1S/C17H20Cl2N2O2/c18-14-8-9-16(15(19)11-14)23-10-4-7-17(22)21-20-12-13-5-2-1-3-6-13/h1-2,8-9,11-13H,3-7,10H2,(H,21,22)/b20-12+. The third-order valence-corrected chi connectivity index (χ3v) is 4.01. The number of hydrogen-bond acceptors (Lipinski definition) is 3. The highest BCUT2D eigenvalue weighted by molar-refractivity contribution is 6.35. The molecule has 1 aromatic rings. The van der Waals surface area contributed by atoms with E-state index in [0.29, 0.717) is 41.2 Å². The normalized spacial score (nSPS) is 17.4. The number of carbonyl (C=O) groups is 1. The summed E-state index contributed by atoms with van der Waals surface area (Å²) in [6.45, 7) is 0.409. The molecule has 0 spiro atoms. The van der Waals surface area contributed by atoms with Gasteiger partial charge in [-0.15, -0.1) is 0 Å². The van der Waals surface area contributed by atoms with Gasteiger partial charge in [-0.2, -0.15) is 5.10 Å². The SMILES string of the molecule is O=C(CCCOc1ccc(Cl)cc1Cl)N/N=C/C1CC=CCC1. The predicted molar refractivity (Wildman–Crippen MR) is 94.3 cm³/mol. The van der Waals surface area contributed by atoms with E-state index in [2.05, 4.69) is 22.7 Å². The summed E-state index contributed by atoms with van der Waals surface area (Å²) in [5, 5.41) is 5.05. The molecule has 0 aromatic heterocycles. The maximum absolute atomic E-state index is 11.7. The molecule has 2 rings (SSSR count). The lowest BCUT2D eigenvalue weighted by atomic mass is 9.96. The van der Waals surface area contributed by atoms with Crippen molar-refractivity contribution in [1.29, 1.82) is 0 Å². The number of halogens is 2. The highest BCUT2D eigenvalue weighted by Crippen LogP contribution is 2.27. The lowest BCUT2D eigenvalue weighted by Gasteiger charge is -2.11. The molecule has 0 bridgehead atoms. The third-order valence-electron chi connectivity index (χ3n) is 3.48. The molecule has 4 nitrogen and oxygen atoms in total. The molecule has 1 aliphatic carbocycles. The van der Waals surface area contributed by atoms with Crippen molar-refractivity contribution in [1.82, 2.24) is 5.43 Å². The van der Waals surface area contributed by atoms with Crippen LogP contribution in [0.15, 0.2) is 35.5 Å². The number of hydrogen-bond donors (Lipinski definition) is 1. The molecule has 0 fully saturated rings. The van der Waals surface area contributed by atoms with Crippen LogP contribution < -0.4 is 10.2 Å². The molecule has 1 unspecified atom stereocenters. The Bertz CT molecular complexity index is 588. The molecule has 1 amide bonds. The number of nitrogens with one attached hydrogen (secondary N) is 1. The van der Waals surface area contributed by atoms with Gasteiger partial charge in [-0.05, 0) is 49.8 Å². The zero-order chi connectivity index (χ0) is 16.5. The van der Waals surface area contributed by atoms with Gasteiger partial charge >= 0.3 is 0 Å². The zero-order valence-electron chi connectivity index (χ0n) is 12.8. The van der Waals surface area contributed by atoms with E-state index in [9.17, 15) is 4.79 Å². The van der Waals surface area contributed by atoms with Crippen molar-refractivity contribution in [2.45, 2.75) is 32.1 Å². The van der Waals surface area contributed by atoms with Gasteiger partial charge in [0, 0.05) is 17.7 Å². The Hall–Kier alpha value is -1.52. The molecule has 0 saturated carbocycles. The number of carbonyl (C=O) groups excluding carboxylic acids is 1. The number of benzene rings is 1. The van der Waals surface area contributed by atoms with Gasteiger partial charge in [0.15, 0.2) is 0 Å². The Morgan fingerprint density at radius 1 is 1.39 bits per heavy atom. The number of rotatable bonds is 7. The molecule has 1 aliphatic rings. The van der Waals surface area contributed by atoms with Crippen LogP contribution in [0.1, 0.15) is 32.1 Å². The molecule has 0 saturated heterocycles. The minimum atomic E-state index is -0.113. The topological polar surface area (TPSA) is 50.7 Å². The van der Waals surface area contributed by atoms with Crippen LogP contribution in [0.3, 0.4) is 0 Å². The van der Waals surface area contributed by atoms with Gasteiger partial charge < -0.3 is 4.74 Å². The van der Waals surface area contributed by atoms with E-state index in [0.717, 1.165) is 19.3 Å². The summed E-state index contributed by atoms with van der Waals surface area (Å²) < 4.78 is 5.53. The number of allylic oxidation sites excluding steroid dienone is 2. The highest BCUT2D eigenvalue weighted by atomic mass is 35.5. The fourth-order valence-electron chi connectivity index (χ4n) is 2.23. The minimum absolute atomic E-state index is 0.113. The first-order chi connectivity index (χ1) is 11.1. The Kier molecular flexibility index (Phi) is 7.43. The van der Waals surface area contributed by atoms with Crippen molar-refractivity contribution in [3.63, 3.8) is 0 Å². The molecule has 0 heterocycles. The van der Waals surface area contributed by atoms with Crippen LogP contribution in [0.4, 0.5) is 0 Å². The Morgan fingerprint density at radius 2 is 2.26 bits per heavy atom. The van der Waals surface area contributed by atoms with Crippen LogP contribution in [-0.2, 0) is 4.79 Å². The van der Waals surface area contributed by atoms with Crippen LogP contribution in [0, 0.1) is 5.92 Å². The summed E-state index contributed by atoms with van der Waals surface area (Å²) >= 11 is 11.8. The largest absolute Gasteiger partial charge is 0.492 e. The zero-order valence-corrected chi connectivity index (χ0v) is 14.3. The van der Waals surface area contributed by atoms with Gasteiger partial charge in [-0.3, -0.25) is 4.79 Å². The summed E-state index contributed by atoms with van der Waals surface area (Å²) in [7, 11) is 0. The molecule has 0 radical (unpaired) electrons. The van der Waals surface area contributed by atoms with E-state index >= 15 is 0 Å². The van der Waals surface area contributed by atoms with Crippen LogP contribution in [0.2, 0.25) is 10.0 Å². The minimum Gasteiger partial charge on any atom is -0.492 e. The summed E-state index contributed by atoms with van der Waals surface area (Å²) in [5.74, 6) is 0.883. The van der Waals surface area contributed by atoms with E-state index in [1.54, 1.807) is 18.2 Å². The summed E-state index contributed by atoms with van der Waals surface area (Å²) in [5.41, 5.74) is 2.55. The Balaban J connectivity index is 1.61. The molecule has 1 N–H and O–H groups in total. The monoisotopic (exact) mass is 354 g/mol. The lowest BCUT2D eigenvalue weighted by Crippen LogP contribution is -2.19. The number of ether oxygens (including phenoxy) is 1. The average Bonchev–Trinajstić information content (AvgIpc) is 2.54. The Morgan fingerprint density at radius 3 is 3.00 bits per heavy atom. The first-order valence-corrected chi connectivity index (χ1v) is 8.45. The maximum Gasteiger partial charge on any atom is 0.240 e. The van der Waals surface area contributed by atoms with Crippen molar-refractivity contribution in [2.75, 3.05) is 6.61 Å². The number of hydrazone groups is 1.